The van der Waals surface area contributed by atoms with Crippen molar-refractivity contribution in [1.82, 2.24) is 0 Å². The number of aryl methyl sites for hydroxylation is 2. The number of benzene rings is 1. The minimum Gasteiger partial charge on any atom is -0.371 e. The molecule has 0 atom stereocenters. The highest BCUT2D eigenvalue weighted by molar-refractivity contribution is 5.56. The maximum Gasteiger partial charge on any atom is 0.0401 e. The Morgan fingerprint density at radius 3 is 2.40 bits per heavy atom. The lowest BCUT2D eigenvalue weighted by molar-refractivity contribution is 0.942. The average Bonchev–Trinajstić information content (AvgIpc) is 2.81. The van der Waals surface area contributed by atoms with E-state index in [9.17, 15) is 0 Å². The van der Waals surface area contributed by atoms with Crippen LogP contribution in [0.1, 0.15) is 37.8 Å². The van der Waals surface area contributed by atoms with E-state index in [4.69, 9.17) is 0 Å². The van der Waals surface area contributed by atoms with Gasteiger partial charge in [-0.2, -0.15) is 0 Å². The van der Waals surface area contributed by atoms with Crippen molar-refractivity contribution < 1.29 is 0 Å². The van der Waals surface area contributed by atoms with E-state index in [-0.39, 0.29) is 0 Å². The third-order valence-electron chi connectivity index (χ3n) is 3.39. The van der Waals surface area contributed by atoms with Gasteiger partial charge in [0, 0.05) is 18.8 Å². The highest BCUT2D eigenvalue weighted by Gasteiger charge is 2.15. The van der Waals surface area contributed by atoms with E-state index in [1.54, 1.807) is 0 Å². The monoisotopic (exact) mass is 203 g/mol. The Labute approximate surface area is 93.1 Å². The molecule has 0 bridgehead atoms. The fourth-order valence-electron chi connectivity index (χ4n) is 2.38. The van der Waals surface area contributed by atoms with Gasteiger partial charge in [-0.15, -0.1) is 0 Å². The zero-order valence-corrected chi connectivity index (χ0v) is 9.92. The van der Waals surface area contributed by atoms with Gasteiger partial charge in [0.1, 0.15) is 0 Å². The molecule has 1 fully saturated rings. The molecule has 1 heteroatoms. The van der Waals surface area contributed by atoms with Crippen LogP contribution in [0.3, 0.4) is 0 Å². The third kappa shape index (κ3) is 2.17. The van der Waals surface area contributed by atoms with Gasteiger partial charge in [0.2, 0.25) is 0 Å². The summed E-state index contributed by atoms with van der Waals surface area (Å²) < 4.78 is 0. The van der Waals surface area contributed by atoms with Gasteiger partial charge < -0.3 is 4.90 Å². The largest absolute Gasteiger partial charge is 0.371 e. The molecule has 0 saturated carbocycles. The van der Waals surface area contributed by atoms with Gasteiger partial charge in [-0.3, -0.25) is 0 Å². The van der Waals surface area contributed by atoms with Gasteiger partial charge >= 0.3 is 0 Å². The summed E-state index contributed by atoms with van der Waals surface area (Å²) in [5, 5.41) is 0. The predicted octanol–water partition coefficient (Wildman–Crippen LogP) is 3.41. The van der Waals surface area contributed by atoms with Gasteiger partial charge in [0.05, 0.1) is 0 Å². The predicted molar refractivity (Wildman–Crippen MR) is 66.6 cm³/mol. The molecule has 1 aliphatic heterocycles. The Hall–Kier alpha value is -0.980. The molecule has 82 valence electrons. The van der Waals surface area contributed by atoms with Crippen molar-refractivity contribution in [1.29, 1.82) is 0 Å². The van der Waals surface area contributed by atoms with Crippen LogP contribution in [-0.4, -0.2) is 13.1 Å². The lowest BCUT2D eigenvalue weighted by atomic mass is 10.0. The van der Waals surface area contributed by atoms with E-state index < -0.39 is 0 Å². The smallest absolute Gasteiger partial charge is 0.0401 e. The molecule has 0 unspecified atom stereocenters. The Balaban J connectivity index is 2.32. The van der Waals surface area contributed by atoms with Gasteiger partial charge in [-0.25, -0.2) is 0 Å². The summed E-state index contributed by atoms with van der Waals surface area (Å²) in [6.07, 6.45) is 5.01. The van der Waals surface area contributed by atoms with E-state index in [1.807, 2.05) is 0 Å². The molecule has 1 aliphatic rings. The van der Waals surface area contributed by atoms with Crippen LogP contribution < -0.4 is 4.90 Å². The van der Waals surface area contributed by atoms with Gasteiger partial charge in [0.15, 0.2) is 0 Å². The first kappa shape index (κ1) is 10.5. The number of hydrogen-bond acceptors (Lipinski definition) is 1. The summed E-state index contributed by atoms with van der Waals surface area (Å²) in [7, 11) is 0. The summed E-state index contributed by atoms with van der Waals surface area (Å²) in [5.41, 5.74) is 4.47. The molecular weight excluding hydrogens is 182 g/mol. The molecule has 0 spiro atoms. The van der Waals surface area contributed by atoms with Crippen LogP contribution >= 0.6 is 0 Å². The topological polar surface area (TPSA) is 3.24 Å². The molecule has 0 radical (unpaired) electrons. The third-order valence-corrected chi connectivity index (χ3v) is 3.39. The standard InChI is InChI=1S/C14H21N/c1-3-12-7-8-13(4-2)14(11-12)15-9-5-6-10-15/h7-8,11H,3-6,9-10H2,1-2H3. The minimum atomic E-state index is 1.14. The van der Waals surface area contributed by atoms with Crippen molar-refractivity contribution in [2.75, 3.05) is 18.0 Å². The first-order chi connectivity index (χ1) is 7.35. The van der Waals surface area contributed by atoms with E-state index in [2.05, 4.69) is 36.9 Å². The molecule has 1 heterocycles. The van der Waals surface area contributed by atoms with Gasteiger partial charge in [0.25, 0.3) is 0 Å². The maximum absolute atomic E-state index is 2.55. The molecule has 1 aromatic rings. The number of hydrogen-bond donors (Lipinski definition) is 0. The van der Waals surface area contributed by atoms with Crippen LogP contribution in [0.25, 0.3) is 0 Å². The summed E-state index contributed by atoms with van der Waals surface area (Å²) in [6.45, 7) is 6.98. The lowest BCUT2D eigenvalue weighted by Crippen LogP contribution is -2.19. The van der Waals surface area contributed by atoms with Crippen molar-refractivity contribution in [3.63, 3.8) is 0 Å². The summed E-state index contributed by atoms with van der Waals surface area (Å²) >= 11 is 0. The second-order valence-corrected chi connectivity index (χ2v) is 4.36. The molecule has 1 saturated heterocycles. The van der Waals surface area contributed by atoms with Crippen molar-refractivity contribution in [2.45, 2.75) is 39.5 Å². The molecule has 15 heavy (non-hydrogen) atoms. The van der Waals surface area contributed by atoms with Crippen LogP contribution in [-0.2, 0) is 12.8 Å². The summed E-state index contributed by atoms with van der Waals surface area (Å²) in [6, 6.07) is 6.98. The molecule has 0 N–H and O–H groups in total. The fraction of sp³-hybridized carbons (Fsp3) is 0.571. The molecule has 0 amide bonds. The van der Waals surface area contributed by atoms with E-state index >= 15 is 0 Å². The van der Waals surface area contributed by atoms with Crippen molar-refractivity contribution in [2.24, 2.45) is 0 Å². The summed E-state index contributed by atoms with van der Waals surface area (Å²) in [4.78, 5) is 2.55. The van der Waals surface area contributed by atoms with Crippen molar-refractivity contribution in [3.8, 4) is 0 Å². The zero-order chi connectivity index (χ0) is 10.7. The molecule has 2 rings (SSSR count). The van der Waals surface area contributed by atoms with E-state index in [0.29, 0.717) is 0 Å². The van der Waals surface area contributed by atoms with E-state index in [0.717, 1.165) is 12.8 Å². The Morgan fingerprint density at radius 1 is 1.07 bits per heavy atom. The number of rotatable bonds is 3. The summed E-state index contributed by atoms with van der Waals surface area (Å²) in [5.74, 6) is 0. The second kappa shape index (κ2) is 4.69. The molecular formula is C14H21N. The fourth-order valence-corrected chi connectivity index (χ4v) is 2.38. The van der Waals surface area contributed by atoms with Crippen molar-refractivity contribution in [3.05, 3.63) is 29.3 Å². The van der Waals surface area contributed by atoms with Crippen LogP contribution in [0.2, 0.25) is 0 Å². The van der Waals surface area contributed by atoms with Crippen LogP contribution in [0.4, 0.5) is 5.69 Å². The van der Waals surface area contributed by atoms with Crippen LogP contribution in [0.5, 0.6) is 0 Å². The minimum absolute atomic E-state index is 1.14. The SMILES string of the molecule is CCc1ccc(CC)c(N2CCCC2)c1. The first-order valence-electron chi connectivity index (χ1n) is 6.22. The molecule has 0 aliphatic carbocycles. The molecule has 1 aromatic carbocycles. The average molecular weight is 203 g/mol. The highest BCUT2D eigenvalue weighted by Crippen LogP contribution is 2.26. The van der Waals surface area contributed by atoms with Gasteiger partial charge in [-0.05, 0) is 42.9 Å². The van der Waals surface area contributed by atoms with Crippen LogP contribution in [0.15, 0.2) is 18.2 Å². The Bertz CT molecular complexity index is 324. The highest BCUT2D eigenvalue weighted by atomic mass is 15.1. The van der Waals surface area contributed by atoms with Gasteiger partial charge in [-0.1, -0.05) is 26.0 Å². The number of anilines is 1. The van der Waals surface area contributed by atoms with E-state index in [1.165, 1.54) is 42.7 Å². The van der Waals surface area contributed by atoms with Crippen LogP contribution in [0, 0.1) is 0 Å². The second-order valence-electron chi connectivity index (χ2n) is 4.36. The molecule has 1 nitrogen and oxygen atoms in total. The Kier molecular flexibility index (Phi) is 3.30. The Morgan fingerprint density at radius 2 is 1.80 bits per heavy atom. The quantitative estimate of drug-likeness (QED) is 0.727. The number of nitrogens with zero attached hydrogens (tertiary/aromatic N) is 1. The first-order valence-corrected chi connectivity index (χ1v) is 6.22. The van der Waals surface area contributed by atoms with Crippen molar-refractivity contribution >= 4 is 5.69 Å². The normalized spacial score (nSPS) is 16.0. The zero-order valence-electron chi connectivity index (χ0n) is 9.92. The maximum atomic E-state index is 2.55. The molecule has 0 aromatic heterocycles. The lowest BCUT2D eigenvalue weighted by Gasteiger charge is -2.21.